The second kappa shape index (κ2) is 5.33. The summed E-state index contributed by atoms with van der Waals surface area (Å²) in [4.78, 5) is 11.7. The molecule has 0 saturated heterocycles. The molecule has 112 valence electrons. The number of benzene rings is 2. The van der Waals surface area contributed by atoms with Crippen LogP contribution in [0.5, 0.6) is 0 Å². The van der Waals surface area contributed by atoms with Crippen molar-refractivity contribution in [3.63, 3.8) is 0 Å². The van der Waals surface area contributed by atoms with Gasteiger partial charge in [0.1, 0.15) is 6.10 Å². The van der Waals surface area contributed by atoms with E-state index in [1.807, 2.05) is 30.3 Å². The van der Waals surface area contributed by atoms with Crippen LogP contribution < -0.4 is 0 Å². The summed E-state index contributed by atoms with van der Waals surface area (Å²) in [5.74, 6) is -0.733. The van der Waals surface area contributed by atoms with Crippen LogP contribution in [0.25, 0.3) is 6.08 Å². The number of hydrogen-bond acceptors (Lipinski definition) is 2. The van der Waals surface area contributed by atoms with E-state index in [4.69, 9.17) is 4.74 Å². The smallest absolute Gasteiger partial charge is 0.416 e. The zero-order valence-electron chi connectivity index (χ0n) is 11.3. The van der Waals surface area contributed by atoms with E-state index in [0.29, 0.717) is 5.56 Å². The molecule has 1 unspecified atom stereocenters. The highest BCUT2D eigenvalue weighted by atomic mass is 19.4. The Morgan fingerprint density at radius 1 is 1.05 bits per heavy atom. The van der Waals surface area contributed by atoms with Gasteiger partial charge in [-0.3, -0.25) is 0 Å². The molecule has 1 aliphatic heterocycles. The van der Waals surface area contributed by atoms with Crippen LogP contribution in [-0.2, 0) is 10.9 Å². The van der Waals surface area contributed by atoms with E-state index in [0.717, 1.165) is 17.7 Å². The number of hydrogen-bond donors (Lipinski definition) is 0. The lowest BCUT2D eigenvalue weighted by molar-refractivity contribution is -0.137. The normalized spacial score (nSPS) is 17.6. The van der Waals surface area contributed by atoms with Crippen LogP contribution in [0.2, 0.25) is 0 Å². The fraction of sp³-hybridized carbons (Fsp3) is 0.118. The summed E-state index contributed by atoms with van der Waals surface area (Å²) in [6.45, 7) is 0. The SMILES string of the molecule is O=C1OC(/C=C/c2ccccc2)c2ccc(C(F)(F)F)cc21. The molecule has 2 aromatic carbocycles. The molecule has 0 aliphatic carbocycles. The quantitative estimate of drug-likeness (QED) is 0.756. The van der Waals surface area contributed by atoms with Gasteiger partial charge in [-0.2, -0.15) is 13.2 Å². The maximum absolute atomic E-state index is 12.7. The van der Waals surface area contributed by atoms with Gasteiger partial charge in [0.05, 0.1) is 11.1 Å². The molecule has 5 heteroatoms. The molecular weight excluding hydrogens is 293 g/mol. The first kappa shape index (κ1) is 14.4. The maximum Gasteiger partial charge on any atom is 0.416 e. The van der Waals surface area contributed by atoms with Crippen LogP contribution in [-0.4, -0.2) is 5.97 Å². The summed E-state index contributed by atoms with van der Waals surface area (Å²) in [6.07, 6.45) is -1.71. The van der Waals surface area contributed by atoms with Crippen molar-refractivity contribution in [2.75, 3.05) is 0 Å². The number of cyclic esters (lactones) is 1. The third-order valence-electron chi connectivity index (χ3n) is 3.40. The van der Waals surface area contributed by atoms with Gasteiger partial charge in [-0.25, -0.2) is 4.79 Å². The number of carbonyl (C=O) groups excluding carboxylic acids is 1. The van der Waals surface area contributed by atoms with E-state index < -0.39 is 23.8 Å². The van der Waals surface area contributed by atoms with Crippen molar-refractivity contribution in [3.8, 4) is 0 Å². The first-order valence-electron chi connectivity index (χ1n) is 6.60. The number of fused-ring (bicyclic) bond motifs is 1. The third kappa shape index (κ3) is 2.74. The van der Waals surface area contributed by atoms with E-state index in [2.05, 4.69) is 0 Å². The van der Waals surface area contributed by atoms with Crippen molar-refractivity contribution in [3.05, 3.63) is 76.9 Å². The second-order valence-corrected chi connectivity index (χ2v) is 4.90. The number of alkyl halides is 3. The fourth-order valence-corrected chi connectivity index (χ4v) is 2.31. The van der Waals surface area contributed by atoms with Gasteiger partial charge in [-0.1, -0.05) is 42.5 Å². The Balaban J connectivity index is 1.90. The molecule has 3 rings (SSSR count). The highest BCUT2D eigenvalue weighted by molar-refractivity contribution is 5.94. The standard InChI is InChI=1S/C17H11F3O2/c18-17(19,20)12-7-8-13-14(10-12)16(21)22-15(13)9-6-11-4-2-1-3-5-11/h1-10,15H/b9-6+. The summed E-state index contributed by atoms with van der Waals surface area (Å²) in [7, 11) is 0. The van der Waals surface area contributed by atoms with Gasteiger partial charge in [0.15, 0.2) is 0 Å². The molecule has 1 aliphatic rings. The molecule has 2 nitrogen and oxygen atoms in total. The minimum absolute atomic E-state index is 0.0301. The third-order valence-corrected chi connectivity index (χ3v) is 3.40. The van der Waals surface area contributed by atoms with Crippen molar-refractivity contribution in [2.24, 2.45) is 0 Å². The average Bonchev–Trinajstić information content (AvgIpc) is 2.81. The molecular formula is C17H11F3O2. The van der Waals surface area contributed by atoms with Crippen molar-refractivity contribution in [1.82, 2.24) is 0 Å². The molecule has 22 heavy (non-hydrogen) atoms. The second-order valence-electron chi connectivity index (χ2n) is 4.90. The van der Waals surface area contributed by atoms with Gasteiger partial charge in [0.25, 0.3) is 0 Å². The molecule has 0 spiro atoms. The van der Waals surface area contributed by atoms with Crippen LogP contribution in [0.15, 0.2) is 54.6 Å². The van der Waals surface area contributed by atoms with Gasteiger partial charge in [0.2, 0.25) is 0 Å². The Morgan fingerprint density at radius 2 is 1.77 bits per heavy atom. The average molecular weight is 304 g/mol. The van der Waals surface area contributed by atoms with E-state index in [-0.39, 0.29) is 5.56 Å². The number of ether oxygens (including phenoxy) is 1. The van der Waals surface area contributed by atoms with Crippen molar-refractivity contribution >= 4 is 12.0 Å². The van der Waals surface area contributed by atoms with Gasteiger partial charge < -0.3 is 4.74 Å². The maximum atomic E-state index is 12.7. The monoisotopic (exact) mass is 304 g/mol. The Bertz CT molecular complexity index is 733. The summed E-state index contributed by atoms with van der Waals surface area (Å²) in [5, 5.41) is 0. The first-order valence-corrected chi connectivity index (χ1v) is 6.60. The predicted molar refractivity (Wildman–Crippen MR) is 75.1 cm³/mol. The minimum atomic E-state index is -4.48. The van der Waals surface area contributed by atoms with E-state index in [1.54, 1.807) is 12.2 Å². The molecule has 2 aromatic rings. The molecule has 0 radical (unpaired) electrons. The lowest BCUT2D eigenvalue weighted by Gasteiger charge is -2.08. The number of esters is 1. The molecule has 0 bridgehead atoms. The molecule has 0 N–H and O–H groups in total. The Hall–Kier alpha value is -2.56. The van der Waals surface area contributed by atoms with Crippen molar-refractivity contribution < 1.29 is 22.7 Å². The van der Waals surface area contributed by atoms with Crippen LogP contribution >= 0.6 is 0 Å². The molecule has 1 heterocycles. The highest BCUT2D eigenvalue weighted by Crippen LogP contribution is 2.37. The summed E-state index contributed by atoms with van der Waals surface area (Å²) in [5.41, 5.74) is 0.484. The van der Waals surface area contributed by atoms with Crippen LogP contribution in [0.4, 0.5) is 13.2 Å². The highest BCUT2D eigenvalue weighted by Gasteiger charge is 2.35. The topological polar surface area (TPSA) is 26.3 Å². The number of halogens is 3. The van der Waals surface area contributed by atoms with E-state index in [1.165, 1.54) is 6.07 Å². The Morgan fingerprint density at radius 3 is 2.45 bits per heavy atom. The van der Waals surface area contributed by atoms with Gasteiger partial charge in [-0.05, 0) is 23.8 Å². The lowest BCUT2D eigenvalue weighted by atomic mass is 10.0. The molecule has 0 amide bonds. The van der Waals surface area contributed by atoms with Gasteiger partial charge in [0, 0.05) is 5.56 Å². The van der Waals surface area contributed by atoms with E-state index >= 15 is 0 Å². The Labute approximate surface area is 124 Å². The van der Waals surface area contributed by atoms with Crippen LogP contribution in [0.3, 0.4) is 0 Å². The number of rotatable bonds is 2. The fourth-order valence-electron chi connectivity index (χ4n) is 2.31. The van der Waals surface area contributed by atoms with E-state index in [9.17, 15) is 18.0 Å². The molecule has 0 fully saturated rings. The van der Waals surface area contributed by atoms with Gasteiger partial charge in [-0.15, -0.1) is 0 Å². The molecule has 0 saturated carbocycles. The summed E-state index contributed by atoms with van der Waals surface area (Å²) in [6, 6.07) is 12.5. The van der Waals surface area contributed by atoms with Crippen molar-refractivity contribution in [1.29, 1.82) is 0 Å². The minimum Gasteiger partial charge on any atom is -0.450 e. The number of carbonyl (C=O) groups is 1. The summed E-state index contributed by atoms with van der Waals surface area (Å²) < 4.78 is 43.2. The van der Waals surface area contributed by atoms with Crippen LogP contribution in [0.1, 0.15) is 33.2 Å². The van der Waals surface area contributed by atoms with Crippen molar-refractivity contribution in [2.45, 2.75) is 12.3 Å². The largest absolute Gasteiger partial charge is 0.450 e. The summed E-state index contributed by atoms with van der Waals surface area (Å²) >= 11 is 0. The Kier molecular flexibility index (Phi) is 3.48. The lowest BCUT2D eigenvalue weighted by Crippen LogP contribution is -2.06. The van der Waals surface area contributed by atoms with Gasteiger partial charge >= 0.3 is 12.1 Å². The zero-order valence-corrected chi connectivity index (χ0v) is 11.3. The predicted octanol–water partition coefficient (Wildman–Crippen LogP) is 4.63. The molecule has 0 aromatic heterocycles. The van der Waals surface area contributed by atoms with Crippen LogP contribution in [0, 0.1) is 0 Å². The molecule has 1 atom stereocenters. The zero-order chi connectivity index (χ0) is 15.7. The first-order chi connectivity index (χ1) is 10.4.